The van der Waals surface area contributed by atoms with Crippen molar-refractivity contribution >= 4 is 24.4 Å². The maximum atomic E-state index is 12.2. The molecule has 6 heteroatoms. The van der Waals surface area contributed by atoms with Gasteiger partial charge in [0.05, 0.1) is 6.61 Å². The minimum atomic E-state index is -0.889. The van der Waals surface area contributed by atoms with Crippen molar-refractivity contribution in [1.29, 1.82) is 0 Å². The summed E-state index contributed by atoms with van der Waals surface area (Å²) < 4.78 is 21.6. The molecular weight excluding hydrogens is 468 g/mol. The Bertz CT molecular complexity index is 1210. The lowest BCUT2D eigenvalue weighted by molar-refractivity contribution is -0.134. The van der Waals surface area contributed by atoms with E-state index in [0.717, 1.165) is 22.4 Å². The number of hydrogen-bond donors (Lipinski definition) is 1. The summed E-state index contributed by atoms with van der Waals surface area (Å²) in [6.07, 6.45) is 7.78. The molecule has 3 aromatic rings. The molecular formula is C31H32O6. The number of hydrogen-bond acceptors (Lipinski definition) is 6. The van der Waals surface area contributed by atoms with E-state index in [2.05, 4.69) is 6.58 Å². The van der Waals surface area contributed by atoms with Crippen LogP contribution in [0.3, 0.4) is 0 Å². The van der Waals surface area contributed by atoms with Gasteiger partial charge in [-0.1, -0.05) is 85.5 Å². The van der Waals surface area contributed by atoms with Crippen molar-refractivity contribution in [3.05, 3.63) is 114 Å². The standard InChI is InChI=1S/C31H32O6/c1-5-23-10-16-26(17-11-23)29(22-32)36-30(33)35-27-18-12-24(13-19-27)8-6-7-9-25-14-20-28(21-15-25)37-31(2,3)34-4/h5-21,29,32H,1,22H2,2-4H3. The molecule has 0 aliphatic rings. The Balaban J connectivity index is 1.50. The first-order chi connectivity index (χ1) is 17.8. The molecule has 0 bridgehead atoms. The van der Waals surface area contributed by atoms with Crippen molar-refractivity contribution in [2.75, 3.05) is 13.7 Å². The number of carbonyl (C=O) groups excluding carboxylic acids is 1. The van der Waals surface area contributed by atoms with Gasteiger partial charge in [0.25, 0.3) is 0 Å². The number of rotatable bonds is 11. The summed E-state index contributed by atoms with van der Waals surface area (Å²) in [5.74, 6) is 0.399. The number of aliphatic hydroxyl groups is 1. The Morgan fingerprint density at radius 1 is 0.865 bits per heavy atom. The number of carbonyl (C=O) groups is 1. The summed E-state index contributed by atoms with van der Waals surface area (Å²) in [6.45, 7) is 7.06. The highest BCUT2D eigenvalue weighted by Crippen LogP contribution is 2.21. The van der Waals surface area contributed by atoms with Gasteiger partial charge >= 0.3 is 6.16 Å². The molecule has 0 saturated heterocycles. The van der Waals surface area contributed by atoms with Crippen LogP contribution in [-0.4, -0.2) is 30.8 Å². The fraction of sp³-hybridized carbons (Fsp3) is 0.194. The molecule has 192 valence electrons. The third-order valence-electron chi connectivity index (χ3n) is 5.45. The van der Waals surface area contributed by atoms with Crippen LogP contribution in [0.4, 0.5) is 4.79 Å². The van der Waals surface area contributed by atoms with E-state index in [0.29, 0.717) is 11.3 Å². The molecule has 1 atom stereocenters. The molecule has 3 aromatic carbocycles. The second-order valence-electron chi connectivity index (χ2n) is 8.57. The Morgan fingerprint density at radius 2 is 1.38 bits per heavy atom. The van der Waals surface area contributed by atoms with Crippen LogP contribution in [0.2, 0.25) is 0 Å². The van der Waals surface area contributed by atoms with E-state index in [1.54, 1.807) is 37.5 Å². The van der Waals surface area contributed by atoms with Gasteiger partial charge in [-0.15, -0.1) is 0 Å². The summed E-state index contributed by atoms with van der Waals surface area (Å²) >= 11 is 0. The predicted octanol–water partition coefficient (Wildman–Crippen LogP) is 7.07. The molecule has 1 N–H and O–H groups in total. The van der Waals surface area contributed by atoms with Crippen LogP contribution in [0.25, 0.3) is 18.2 Å². The zero-order valence-corrected chi connectivity index (χ0v) is 21.3. The lowest BCUT2D eigenvalue weighted by atomic mass is 10.1. The van der Waals surface area contributed by atoms with Gasteiger partial charge < -0.3 is 24.1 Å². The van der Waals surface area contributed by atoms with Gasteiger partial charge in [0.1, 0.15) is 11.5 Å². The lowest BCUT2D eigenvalue weighted by Crippen LogP contribution is -2.30. The van der Waals surface area contributed by atoms with Gasteiger partial charge in [0.2, 0.25) is 5.79 Å². The number of aliphatic hydroxyl groups excluding tert-OH is 1. The quantitative estimate of drug-likeness (QED) is 0.131. The molecule has 0 heterocycles. The third-order valence-corrected chi connectivity index (χ3v) is 5.45. The molecule has 6 nitrogen and oxygen atoms in total. The summed E-state index contributed by atoms with van der Waals surface area (Å²) in [7, 11) is 1.61. The molecule has 0 aromatic heterocycles. The molecule has 0 saturated carbocycles. The topological polar surface area (TPSA) is 74.2 Å². The summed E-state index contributed by atoms with van der Waals surface area (Å²) in [5, 5.41) is 9.62. The fourth-order valence-electron chi connectivity index (χ4n) is 3.25. The number of allylic oxidation sites excluding steroid dienone is 2. The van der Waals surface area contributed by atoms with Crippen LogP contribution in [0, 0.1) is 0 Å². The highest BCUT2D eigenvalue weighted by molar-refractivity contribution is 5.65. The first-order valence-electron chi connectivity index (χ1n) is 11.8. The van der Waals surface area contributed by atoms with Gasteiger partial charge in [-0.25, -0.2) is 4.79 Å². The summed E-state index contributed by atoms with van der Waals surface area (Å²) in [4.78, 5) is 12.2. The SMILES string of the molecule is C=Cc1ccc(C(CO)OC(=O)Oc2ccc(C=CC=Cc3ccc(OC(C)(C)OC)cc3)cc2)cc1. The molecule has 0 aliphatic carbocycles. The van der Waals surface area contributed by atoms with Crippen LogP contribution in [-0.2, 0) is 9.47 Å². The monoisotopic (exact) mass is 500 g/mol. The van der Waals surface area contributed by atoms with Gasteiger partial charge in [0, 0.05) is 21.0 Å². The molecule has 0 aliphatic heterocycles. The molecule has 3 rings (SSSR count). The van der Waals surface area contributed by atoms with E-state index in [9.17, 15) is 9.90 Å². The molecule has 0 fully saturated rings. The molecule has 1 unspecified atom stereocenters. The Kier molecular flexibility index (Phi) is 9.84. The summed E-state index contributed by atoms with van der Waals surface area (Å²) in [6, 6.07) is 21.9. The van der Waals surface area contributed by atoms with Gasteiger partial charge in [-0.2, -0.15) is 0 Å². The highest BCUT2D eigenvalue weighted by atomic mass is 16.7. The van der Waals surface area contributed by atoms with Crippen LogP contribution in [0.15, 0.2) is 91.5 Å². The largest absolute Gasteiger partial charge is 0.514 e. The van der Waals surface area contributed by atoms with Crippen LogP contribution in [0.1, 0.15) is 42.2 Å². The number of benzene rings is 3. The number of methoxy groups -OCH3 is 1. The smallest absolute Gasteiger partial charge is 0.463 e. The zero-order chi connectivity index (χ0) is 26.7. The maximum Gasteiger partial charge on any atom is 0.514 e. The number of ether oxygens (including phenoxy) is 4. The van der Waals surface area contributed by atoms with Gasteiger partial charge in [-0.05, 0) is 46.5 Å². The normalized spacial score (nSPS) is 12.4. The molecule has 0 amide bonds. The average Bonchev–Trinajstić information content (AvgIpc) is 2.91. The van der Waals surface area contributed by atoms with E-state index >= 15 is 0 Å². The van der Waals surface area contributed by atoms with Crippen LogP contribution < -0.4 is 9.47 Å². The van der Waals surface area contributed by atoms with E-state index in [-0.39, 0.29) is 6.61 Å². The van der Waals surface area contributed by atoms with Crippen molar-refractivity contribution < 1.29 is 28.8 Å². The Hall–Kier alpha value is -4.13. The van der Waals surface area contributed by atoms with E-state index in [1.807, 2.05) is 86.7 Å². The third kappa shape index (κ3) is 8.79. The van der Waals surface area contributed by atoms with Crippen molar-refractivity contribution in [2.45, 2.75) is 25.7 Å². The minimum absolute atomic E-state index is 0.343. The lowest BCUT2D eigenvalue weighted by Gasteiger charge is -2.24. The maximum absolute atomic E-state index is 12.2. The highest BCUT2D eigenvalue weighted by Gasteiger charge is 2.18. The minimum Gasteiger partial charge on any atom is -0.463 e. The fourth-order valence-corrected chi connectivity index (χ4v) is 3.25. The Morgan fingerprint density at radius 3 is 1.86 bits per heavy atom. The van der Waals surface area contributed by atoms with E-state index in [1.165, 1.54) is 0 Å². The Labute approximate surface area is 218 Å². The second kappa shape index (κ2) is 13.3. The van der Waals surface area contributed by atoms with Crippen LogP contribution in [0.5, 0.6) is 11.5 Å². The molecule has 37 heavy (non-hydrogen) atoms. The van der Waals surface area contributed by atoms with Crippen molar-refractivity contribution in [3.8, 4) is 11.5 Å². The molecule has 0 radical (unpaired) electrons. The average molecular weight is 501 g/mol. The van der Waals surface area contributed by atoms with Crippen molar-refractivity contribution in [1.82, 2.24) is 0 Å². The zero-order valence-electron chi connectivity index (χ0n) is 21.3. The van der Waals surface area contributed by atoms with Crippen molar-refractivity contribution in [2.24, 2.45) is 0 Å². The van der Waals surface area contributed by atoms with Gasteiger partial charge in [-0.3, -0.25) is 0 Å². The van der Waals surface area contributed by atoms with Gasteiger partial charge in [0.15, 0.2) is 6.10 Å². The van der Waals surface area contributed by atoms with E-state index < -0.39 is 18.0 Å². The predicted molar refractivity (Wildman–Crippen MR) is 146 cm³/mol. The van der Waals surface area contributed by atoms with E-state index in [4.69, 9.17) is 18.9 Å². The first kappa shape index (κ1) is 27.5. The van der Waals surface area contributed by atoms with Crippen LogP contribution >= 0.6 is 0 Å². The summed E-state index contributed by atoms with van der Waals surface area (Å²) in [5.41, 5.74) is 3.57. The molecule has 0 spiro atoms. The second-order valence-corrected chi connectivity index (χ2v) is 8.57. The first-order valence-corrected chi connectivity index (χ1v) is 11.8. The van der Waals surface area contributed by atoms with Crippen molar-refractivity contribution in [3.63, 3.8) is 0 Å².